The van der Waals surface area contributed by atoms with Crippen molar-refractivity contribution in [3.8, 4) is 0 Å². The van der Waals surface area contributed by atoms with Gasteiger partial charge in [-0.1, -0.05) is 0 Å². The fourth-order valence-corrected chi connectivity index (χ4v) is 2.19. The third-order valence-corrected chi connectivity index (χ3v) is 3.48. The van der Waals surface area contributed by atoms with Gasteiger partial charge in [-0.3, -0.25) is 0 Å². The summed E-state index contributed by atoms with van der Waals surface area (Å²) in [5, 5.41) is 18.8. The molecule has 4 unspecified atom stereocenters. The first kappa shape index (κ1) is 14.4. The van der Waals surface area contributed by atoms with Crippen LogP contribution in [0.4, 0.5) is 0 Å². The Morgan fingerprint density at radius 2 is 2.12 bits per heavy atom. The van der Waals surface area contributed by atoms with Gasteiger partial charge in [0.25, 0.3) is 0 Å². The quantitative estimate of drug-likeness (QED) is 0.762. The van der Waals surface area contributed by atoms with Crippen LogP contribution in [-0.4, -0.2) is 47.2 Å². The molecule has 100 valence electrons. The molecule has 0 amide bonds. The molecule has 0 spiro atoms. The van der Waals surface area contributed by atoms with E-state index in [1.165, 1.54) is 0 Å². The van der Waals surface area contributed by atoms with Crippen LogP contribution >= 0.6 is 0 Å². The van der Waals surface area contributed by atoms with Crippen molar-refractivity contribution < 1.29 is 24.5 Å². The first-order valence-corrected chi connectivity index (χ1v) is 6.03. The normalized spacial score (nSPS) is 33.1. The molecule has 17 heavy (non-hydrogen) atoms. The Kier molecular flexibility index (Phi) is 4.91. The zero-order valence-electron chi connectivity index (χ0n) is 10.7. The number of carbonyl (C=O) groups is 1. The molecule has 1 aliphatic carbocycles. The summed E-state index contributed by atoms with van der Waals surface area (Å²) < 4.78 is 10.8. The second-order valence-electron chi connectivity index (χ2n) is 4.82. The highest BCUT2D eigenvalue weighted by Crippen LogP contribution is 2.34. The van der Waals surface area contributed by atoms with Gasteiger partial charge in [0.05, 0.1) is 18.3 Å². The van der Waals surface area contributed by atoms with E-state index in [1.807, 2.05) is 0 Å². The zero-order valence-corrected chi connectivity index (χ0v) is 10.7. The molecule has 0 aromatic heterocycles. The summed E-state index contributed by atoms with van der Waals surface area (Å²) in [6, 6.07) is 0. The summed E-state index contributed by atoms with van der Waals surface area (Å²) in [6.07, 6.45) is 1.17. The van der Waals surface area contributed by atoms with Crippen molar-refractivity contribution in [2.24, 2.45) is 0 Å². The highest BCUT2D eigenvalue weighted by molar-refractivity contribution is 5.77. The van der Waals surface area contributed by atoms with Gasteiger partial charge in [-0.15, -0.1) is 0 Å². The minimum atomic E-state index is -1.21. The maximum Gasteiger partial charge on any atom is 0.336 e. The Bertz CT molecular complexity index is 266. The van der Waals surface area contributed by atoms with E-state index in [0.717, 1.165) is 12.8 Å². The monoisotopic (exact) mass is 246 g/mol. The van der Waals surface area contributed by atoms with Gasteiger partial charge in [-0.05, 0) is 33.1 Å². The second kappa shape index (κ2) is 5.80. The van der Waals surface area contributed by atoms with Crippen molar-refractivity contribution >= 4 is 5.97 Å². The Morgan fingerprint density at radius 1 is 1.47 bits per heavy atom. The smallest absolute Gasteiger partial charge is 0.336 e. The molecule has 4 atom stereocenters. The lowest BCUT2D eigenvalue weighted by Crippen LogP contribution is -2.50. The summed E-state index contributed by atoms with van der Waals surface area (Å²) in [4.78, 5) is 11.4. The molecule has 0 aliphatic heterocycles. The summed E-state index contributed by atoms with van der Waals surface area (Å²) in [7, 11) is 1.58. The zero-order chi connectivity index (χ0) is 13.1. The Hall–Kier alpha value is -0.650. The van der Waals surface area contributed by atoms with Crippen molar-refractivity contribution in [3.05, 3.63) is 0 Å². The van der Waals surface area contributed by atoms with Crippen LogP contribution in [-0.2, 0) is 14.3 Å². The molecule has 0 heterocycles. The van der Waals surface area contributed by atoms with Crippen LogP contribution in [0.3, 0.4) is 0 Å². The van der Waals surface area contributed by atoms with E-state index in [2.05, 4.69) is 0 Å². The number of methoxy groups -OCH3 is 1. The fraction of sp³-hybridized carbons (Fsp3) is 0.917. The van der Waals surface area contributed by atoms with Crippen LogP contribution in [0.25, 0.3) is 0 Å². The molecule has 0 bridgehead atoms. The van der Waals surface area contributed by atoms with Crippen LogP contribution < -0.4 is 0 Å². The molecule has 1 aliphatic rings. The van der Waals surface area contributed by atoms with Crippen molar-refractivity contribution in [2.75, 3.05) is 7.11 Å². The van der Waals surface area contributed by atoms with E-state index in [-0.39, 0.29) is 6.10 Å². The predicted octanol–water partition coefficient (Wildman–Crippen LogP) is 1.18. The summed E-state index contributed by atoms with van der Waals surface area (Å²) in [5.41, 5.74) is -1.21. The summed E-state index contributed by atoms with van der Waals surface area (Å²) in [6.45, 7) is 3.28. The van der Waals surface area contributed by atoms with Gasteiger partial charge in [-0.2, -0.15) is 0 Å². The molecule has 5 heteroatoms. The number of aliphatic hydroxyl groups is 1. The van der Waals surface area contributed by atoms with Gasteiger partial charge in [0, 0.05) is 13.5 Å². The molecule has 1 rings (SSSR count). The standard InChI is InChI=1S/C12H22O5/c1-8(13)9(2)17-12(11(14)15)6-4-5-10(7-12)16-3/h8-10,13H,4-7H2,1-3H3,(H,14,15). The number of ether oxygens (including phenoxy) is 2. The molecule has 0 aromatic carbocycles. The molecule has 0 saturated heterocycles. The van der Waals surface area contributed by atoms with Gasteiger partial charge < -0.3 is 19.7 Å². The van der Waals surface area contributed by atoms with E-state index < -0.39 is 23.8 Å². The van der Waals surface area contributed by atoms with Crippen LogP contribution in [0, 0.1) is 0 Å². The van der Waals surface area contributed by atoms with Crippen LogP contribution in [0.15, 0.2) is 0 Å². The molecule has 0 radical (unpaired) electrons. The molecule has 2 N–H and O–H groups in total. The maximum absolute atomic E-state index is 11.4. The number of rotatable bonds is 5. The average molecular weight is 246 g/mol. The van der Waals surface area contributed by atoms with E-state index >= 15 is 0 Å². The SMILES string of the molecule is COC1CCCC(OC(C)C(C)O)(C(=O)O)C1. The summed E-state index contributed by atoms with van der Waals surface area (Å²) >= 11 is 0. The van der Waals surface area contributed by atoms with Gasteiger partial charge in [-0.25, -0.2) is 4.79 Å². The van der Waals surface area contributed by atoms with Crippen molar-refractivity contribution in [2.45, 2.75) is 63.4 Å². The minimum Gasteiger partial charge on any atom is -0.479 e. The first-order chi connectivity index (χ1) is 7.91. The van der Waals surface area contributed by atoms with E-state index in [9.17, 15) is 15.0 Å². The van der Waals surface area contributed by atoms with Crippen LogP contribution in [0.2, 0.25) is 0 Å². The maximum atomic E-state index is 11.4. The number of hydrogen-bond acceptors (Lipinski definition) is 4. The lowest BCUT2D eigenvalue weighted by molar-refractivity contribution is -0.194. The molecular weight excluding hydrogens is 224 g/mol. The molecule has 0 aromatic rings. The highest BCUT2D eigenvalue weighted by Gasteiger charge is 2.45. The van der Waals surface area contributed by atoms with Gasteiger partial charge >= 0.3 is 5.97 Å². The van der Waals surface area contributed by atoms with Gasteiger partial charge in [0.2, 0.25) is 0 Å². The Balaban J connectivity index is 2.78. The molecule has 1 fully saturated rings. The van der Waals surface area contributed by atoms with Crippen LogP contribution in [0.5, 0.6) is 0 Å². The third-order valence-electron chi connectivity index (χ3n) is 3.48. The van der Waals surface area contributed by atoms with Crippen molar-refractivity contribution in [3.63, 3.8) is 0 Å². The highest BCUT2D eigenvalue weighted by atomic mass is 16.5. The van der Waals surface area contributed by atoms with E-state index in [1.54, 1.807) is 21.0 Å². The number of aliphatic carboxylic acids is 1. The third kappa shape index (κ3) is 3.40. The first-order valence-electron chi connectivity index (χ1n) is 6.03. The topological polar surface area (TPSA) is 76.0 Å². The van der Waals surface area contributed by atoms with Gasteiger partial charge in [0.1, 0.15) is 0 Å². The van der Waals surface area contributed by atoms with Gasteiger partial charge in [0.15, 0.2) is 5.60 Å². The van der Waals surface area contributed by atoms with Crippen molar-refractivity contribution in [1.82, 2.24) is 0 Å². The Morgan fingerprint density at radius 3 is 2.59 bits per heavy atom. The largest absolute Gasteiger partial charge is 0.479 e. The lowest BCUT2D eigenvalue weighted by Gasteiger charge is -2.39. The van der Waals surface area contributed by atoms with Crippen molar-refractivity contribution in [1.29, 1.82) is 0 Å². The lowest BCUT2D eigenvalue weighted by atomic mass is 9.82. The molecular formula is C12H22O5. The predicted molar refractivity (Wildman–Crippen MR) is 61.9 cm³/mol. The molecule has 1 saturated carbocycles. The Labute approximate surface area is 102 Å². The number of aliphatic hydroxyl groups excluding tert-OH is 1. The number of carboxylic acid groups (broad SMARTS) is 1. The van der Waals surface area contributed by atoms with Crippen LogP contribution in [0.1, 0.15) is 39.5 Å². The van der Waals surface area contributed by atoms with E-state index in [4.69, 9.17) is 9.47 Å². The number of carboxylic acids is 1. The summed E-state index contributed by atoms with van der Waals surface area (Å²) in [5.74, 6) is -0.966. The molecule has 5 nitrogen and oxygen atoms in total. The van der Waals surface area contributed by atoms with E-state index in [0.29, 0.717) is 12.8 Å². The fourth-order valence-electron chi connectivity index (χ4n) is 2.19. The average Bonchev–Trinajstić information content (AvgIpc) is 2.28. The number of hydrogen-bond donors (Lipinski definition) is 2. The second-order valence-corrected chi connectivity index (χ2v) is 4.82. The minimum absolute atomic E-state index is 0.0824.